The number of nitrogens with zero attached hydrogens (tertiary/aromatic N) is 2. The lowest BCUT2D eigenvalue weighted by atomic mass is 9.86. The minimum atomic E-state index is -3.21. The molecule has 23 heavy (non-hydrogen) atoms. The zero-order chi connectivity index (χ0) is 16.5. The van der Waals surface area contributed by atoms with Gasteiger partial charge in [-0.1, -0.05) is 6.07 Å². The predicted molar refractivity (Wildman–Crippen MR) is 93.1 cm³/mol. The van der Waals surface area contributed by atoms with Crippen molar-refractivity contribution in [3.63, 3.8) is 0 Å². The smallest absolute Gasteiger partial charge is 0.212 e. The largest absolute Gasteiger partial charge is 0.383 e. The number of sulfonamides is 1. The molecule has 0 N–H and O–H groups in total. The normalized spacial score (nSPS) is 26.1. The van der Waals surface area contributed by atoms with Gasteiger partial charge in [-0.15, -0.1) is 11.3 Å². The fraction of sp³-hybridized carbons (Fsp3) is 0.750. The summed E-state index contributed by atoms with van der Waals surface area (Å²) in [4.78, 5) is 3.82. The van der Waals surface area contributed by atoms with Crippen molar-refractivity contribution in [2.45, 2.75) is 43.8 Å². The molecule has 0 radical (unpaired) electrons. The van der Waals surface area contributed by atoms with Gasteiger partial charge in [-0.2, -0.15) is 4.31 Å². The van der Waals surface area contributed by atoms with Crippen molar-refractivity contribution < 1.29 is 13.2 Å². The third-order valence-corrected chi connectivity index (χ3v) is 7.47. The van der Waals surface area contributed by atoms with Gasteiger partial charge < -0.3 is 4.74 Å². The van der Waals surface area contributed by atoms with E-state index in [1.54, 1.807) is 22.8 Å². The molecule has 0 aliphatic carbocycles. The molecule has 0 aromatic carbocycles. The fourth-order valence-electron chi connectivity index (χ4n) is 4.24. The van der Waals surface area contributed by atoms with Gasteiger partial charge in [0, 0.05) is 43.2 Å². The average Bonchev–Trinajstić information content (AvgIpc) is 3.10. The van der Waals surface area contributed by atoms with E-state index in [-0.39, 0.29) is 11.6 Å². The molecular formula is C16H26N2O3S2. The highest BCUT2D eigenvalue weighted by molar-refractivity contribution is 7.88. The summed E-state index contributed by atoms with van der Waals surface area (Å²) in [6, 6.07) is 4.25. The van der Waals surface area contributed by atoms with Gasteiger partial charge in [0.2, 0.25) is 10.0 Å². The summed E-state index contributed by atoms with van der Waals surface area (Å²) < 4.78 is 31.8. The lowest BCUT2D eigenvalue weighted by Crippen LogP contribution is -2.56. The van der Waals surface area contributed by atoms with Crippen LogP contribution in [0.5, 0.6) is 0 Å². The first-order chi connectivity index (χ1) is 10.9. The molecular weight excluding hydrogens is 332 g/mol. The van der Waals surface area contributed by atoms with Gasteiger partial charge >= 0.3 is 0 Å². The number of likely N-dealkylation sites (tertiary alicyclic amines) is 1. The number of methoxy groups -OCH3 is 1. The molecule has 0 saturated carbocycles. The van der Waals surface area contributed by atoms with Gasteiger partial charge in [-0.05, 0) is 37.1 Å². The Morgan fingerprint density at radius 1 is 1.35 bits per heavy atom. The van der Waals surface area contributed by atoms with Crippen LogP contribution in [0.3, 0.4) is 0 Å². The van der Waals surface area contributed by atoms with E-state index in [9.17, 15) is 8.42 Å². The van der Waals surface area contributed by atoms with Crippen LogP contribution < -0.4 is 0 Å². The maximum atomic E-state index is 12.4. The first kappa shape index (κ1) is 17.4. The molecule has 1 atom stereocenters. The molecule has 7 heteroatoms. The van der Waals surface area contributed by atoms with Gasteiger partial charge in [0.1, 0.15) is 0 Å². The summed E-state index contributed by atoms with van der Waals surface area (Å²) in [5, 5.41) is 2.11. The molecule has 2 aliphatic rings. The summed E-state index contributed by atoms with van der Waals surface area (Å²) >= 11 is 1.79. The average molecular weight is 359 g/mol. The van der Waals surface area contributed by atoms with Gasteiger partial charge in [-0.25, -0.2) is 8.42 Å². The van der Waals surface area contributed by atoms with Crippen molar-refractivity contribution in [1.82, 2.24) is 9.21 Å². The molecule has 0 amide bonds. The van der Waals surface area contributed by atoms with Crippen LogP contribution in [-0.2, 0) is 21.3 Å². The molecule has 2 fully saturated rings. The Morgan fingerprint density at radius 2 is 2.09 bits per heavy atom. The summed E-state index contributed by atoms with van der Waals surface area (Å²) in [6.07, 6.45) is 5.06. The topological polar surface area (TPSA) is 49.9 Å². The van der Waals surface area contributed by atoms with Gasteiger partial charge in [-0.3, -0.25) is 4.90 Å². The van der Waals surface area contributed by atoms with Crippen LogP contribution in [0.25, 0.3) is 0 Å². The number of rotatable bonds is 5. The molecule has 130 valence electrons. The summed E-state index contributed by atoms with van der Waals surface area (Å²) in [5.41, 5.74) is -0.192. The van der Waals surface area contributed by atoms with E-state index in [4.69, 9.17) is 4.74 Å². The van der Waals surface area contributed by atoms with Crippen LogP contribution in [0.2, 0.25) is 0 Å². The van der Waals surface area contributed by atoms with Crippen LogP contribution in [0.15, 0.2) is 17.5 Å². The third kappa shape index (κ3) is 3.64. The standard InChI is InChI=1S/C16H26N2O3S2/c1-21-13-14-5-6-16(18(14)23(2,19)20)7-9-17(10-8-16)12-15-4-3-11-22-15/h3-4,11,14H,5-10,12-13H2,1-2H3/t14-/m1/s1. The Labute approximate surface area is 143 Å². The van der Waals surface area contributed by atoms with Crippen LogP contribution in [0.1, 0.15) is 30.6 Å². The van der Waals surface area contributed by atoms with E-state index in [0.29, 0.717) is 6.61 Å². The number of hydrogen-bond donors (Lipinski definition) is 0. The molecule has 3 rings (SSSR count). The lowest BCUT2D eigenvalue weighted by molar-refractivity contribution is 0.0661. The zero-order valence-electron chi connectivity index (χ0n) is 13.9. The second-order valence-corrected chi connectivity index (χ2v) is 9.68. The summed E-state index contributed by atoms with van der Waals surface area (Å²) in [5.74, 6) is 0. The first-order valence-corrected chi connectivity index (χ1v) is 10.9. The SMILES string of the molecule is COC[C@H]1CCC2(CCN(Cc3cccs3)CC2)N1S(C)(=O)=O. The van der Waals surface area contributed by atoms with Crippen LogP contribution in [0.4, 0.5) is 0 Å². The molecule has 0 bridgehead atoms. The van der Waals surface area contributed by atoms with E-state index in [0.717, 1.165) is 45.3 Å². The Bertz CT molecular complexity index is 607. The van der Waals surface area contributed by atoms with E-state index >= 15 is 0 Å². The zero-order valence-corrected chi connectivity index (χ0v) is 15.5. The van der Waals surface area contributed by atoms with Crippen molar-refractivity contribution in [3.8, 4) is 0 Å². The first-order valence-electron chi connectivity index (χ1n) is 8.18. The Morgan fingerprint density at radius 3 is 2.65 bits per heavy atom. The predicted octanol–water partition coefficient (Wildman–Crippen LogP) is 2.15. The number of ether oxygens (including phenoxy) is 1. The van der Waals surface area contributed by atoms with Gasteiger partial charge in [0.05, 0.1) is 12.9 Å². The van der Waals surface area contributed by atoms with Gasteiger partial charge in [0.15, 0.2) is 0 Å². The maximum absolute atomic E-state index is 12.4. The summed E-state index contributed by atoms with van der Waals surface area (Å²) in [6.45, 7) is 3.40. The molecule has 0 unspecified atom stereocenters. The monoisotopic (exact) mass is 358 g/mol. The quantitative estimate of drug-likeness (QED) is 0.809. The van der Waals surface area contributed by atoms with Crippen molar-refractivity contribution in [2.75, 3.05) is 33.1 Å². The molecule has 2 saturated heterocycles. The van der Waals surface area contributed by atoms with E-state index < -0.39 is 10.0 Å². The highest BCUT2D eigenvalue weighted by atomic mass is 32.2. The van der Waals surface area contributed by atoms with E-state index in [1.807, 2.05) is 0 Å². The van der Waals surface area contributed by atoms with E-state index in [2.05, 4.69) is 22.4 Å². The lowest BCUT2D eigenvalue weighted by Gasteiger charge is -2.45. The number of thiophene rings is 1. The number of piperidine rings is 1. The minimum absolute atomic E-state index is 0.00107. The van der Waals surface area contributed by atoms with Crippen LogP contribution in [-0.4, -0.2) is 62.3 Å². The number of hydrogen-bond acceptors (Lipinski definition) is 5. The summed E-state index contributed by atoms with van der Waals surface area (Å²) in [7, 11) is -1.56. The van der Waals surface area contributed by atoms with Crippen molar-refractivity contribution in [1.29, 1.82) is 0 Å². The third-order valence-electron chi connectivity index (χ3n) is 5.20. The van der Waals surface area contributed by atoms with Crippen LogP contribution >= 0.6 is 11.3 Å². The van der Waals surface area contributed by atoms with Crippen LogP contribution in [0, 0.1) is 0 Å². The molecule has 3 heterocycles. The molecule has 1 aromatic heterocycles. The molecule has 1 spiro atoms. The van der Waals surface area contributed by atoms with Gasteiger partial charge in [0.25, 0.3) is 0 Å². The fourth-order valence-corrected chi connectivity index (χ4v) is 6.67. The van der Waals surface area contributed by atoms with E-state index in [1.165, 1.54) is 11.1 Å². The second-order valence-electron chi connectivity index (χ2n) is 6.79. The second kappa shape index (κ2) is 6.80. The highest BCUT2D eigenvalue weighted by Gasteiger charge is 2.51. The highest BCUT2D eigenvalue weighted by Crippen LogP contribution is 2.43. The molecule has 2 aliphatic heterocycles. The van der Waals surface area contributed by atoms with Crippen molar-refractivity contribution >= 4 is 21.4 Å². The minimum Gasteiger partial charge on any atom is -0.383 e. The Kier molecular flexibility index (Phi) is 5.13. The molecule has 1 aromatic rings. The van der Waals surface area contributed by atoms with Crippen molar-refractivity contribution in [3.05, 3.63) is 22.4 Å². The molecule has 5 nitrogen and oxygen atoms in total. The Balaban J connectivity index is 1.70. The maximum Gasteiger partial charge on any atom is 0.212 e. The van der Waals surface area contributed by atoms with Crippen molar-refractivity contribution in [2.24, 2.45) is 0 Å². The Hall–Kier alpha value is -0.470.